The molecule has 0 saturated carbocycles. The van der Waals surface area contributed by atoms with E-state index < -0.39 is 0 Å². The molecule has 1 aliphatic heterocycles. The molecule has 1 atom stereocenters. The quantitative estimate of drug-likeness (QED) is 0.547. The van der Waals surface area contributed by atoms with Crippen LogP contribution < -0.4 is 0 Å². The summed E-state index contributed by atoms with van der Waals surface area (Å²) in [5.74, 6) is 0. The summed E-state index contributed by atoms with van der Waals surface area (Å²) < 4.78 is 0. The Labute approximate surface area is 82.5 Å². The minimum absolute atomic E-state index is 0.275. The van der Waals surface area contributed by atoms with E-state index in [-0.39, 0.29) is 5.08 Å². The SMILES string of the molecule is CCCN1C=NN(CCC)C1Br. The molecule has 1 rings (SSSR count). The number of alkyl halides is 1. The van der Waals surface area contributed by atoms with Crippen LogP contribution in [0.15, 0.2) is 5.10 Å². The molecule has 3 nitrogen and oxygen atoms in total. The Balaban J connectivity index is 2.38. The molecule has 0 amide bonds. The standard InChI is InChI=1S/C8H16BrN3/c1-3-5-11-7-10-12(6-4-2)8(11)9/h7-8H,3-6H2,1-2H3. The van der Waals surface area contributed by atoms with Gasteiger partial charge >= 0.3 is 0 Å². The van der Waals surface area contributed by atoms with Gasteiger partial charge in [0.1, 0.15) is 6.34 Å². The molecule has 1 aliphatic rings. The summed E-state index contributed by atoms with van der Waals surface area (Å²) in [6.45, 7) is 6.43. The van der Waals surface area contributed by atoms with Crippen LogP contribution >= 0.6 is 15.9 Å². The molecule has 0 spiro atoms. The fourth-order valence-corrected chi connectivity index (χ4v) is 1.85. The number of hydrazone groups is 1. The van der Waals surface area contributed by atoms with Crippen LogP contribution in [0.3, 0.4) is 0 Å². The van der Waals surface area contributed by atoms with Gasteiger partial charge in [0, 0.05) is 13.1 Å². The zero-order chi connectivity index (χ0) is 8.97. The first kappa shape index (κ1) is 9.84. The van der Waals surface area contributed by atoms with Crippen LogP contribution in [0.5, 0.6) is 0 Å². The van der Waals surface area contributed by atoms with Crippen molar-refractivity contribution in [3.05, 3.63) is 0 Å². The molecule has 0 saturated heterocycles. The van der Waals surface area contributed by atoms with Gasteiger partial charge in [0.2, 0.25) is 0 Å². The van der Waals surface area contributed by atoms with Gasteiger partial charge < -0.3 is 4.90 Å². The second kappa shape index (κ2) is 4.70. The maximum atomic E-state index is 4.29. The fraction of sp³-hybridized carbons (Fsp3) is 0.875. The molecule has 0 fully saturated rings. The largest absolute Gasteiger partial charge is 0.331 e. The summed E-state index contributed by atoms with van der Waals surface area (Å²) in [4.78, 5) is 2.20. The van der Waals surface area contributed by atoms with Crippen molar-refractivity contribution in [1.29, 1.82) is 0 Å². The van der Waals surface area contributed by atoms with E-state index in [0.29, 0.717) is 0 Å². The Morgan fingerprint density at radius 1 is 1.33 bits per heavy atom. The minimum atomic E-state index is 0.275. The van der Waals surface area contributed by atoms with Gasteiger partial charge in [-0.1, -0.05) is 13.8 Å². The van der Waals surface area contributed by atoms with E-state index in [9.17, 15) is 0 Å². The molecule has 0 aromatic rings. The molecule has 0 aromatic carbocycles. The average molecular weight is 234 g/mol. The Bertz CT molecular complexity index is 144. The minimum Gasteiger partial charge on any atom is -0.331 e. The van der Waals surface area contributed by atoms with Crippen molar-refractivity contribution < 1.29 is 0 Å². The normalized spacial score (nSPS) is 22.4. The molecular formula is C8H16BrN3. The topological polar surface area (TPSA) is 18.8 Å². The van der Waals surface area contributed by atoms with Crippen LogP contribution in [0.4, 0.5) is 0 Å². The predicted octanol–water partition coefficient (Wildman–Crippen LogP) is 2.05. The monoisotopic (exact) mass is 233 g/mol. The van der Waals surface area contributed by atoms with E-state index in [0.717, 1.165) is 25.9 Å². The van der Waals surface area contributed by atoms with Gasteiger partial charge in [-0.25, -0.2) is 0 Å². The second-order valence-electron chi connectivity index (χ2n) is 2.94. The average Bonchev–Trinajstić information content (AvgIpc) is 2.38. The van der Waals surface area contributed by atoms with Gasteiger partial charge in [-0.15, -0.1) is 0 Å². The molecule has 0 N–H and O–H groups in total. The van der Waals surface area contributed by atoms with Gasteiger partial charge in [0.25, 0.3) is 0 Å². The highest BCUT2D eigenvalue weighted by molar-refractivity contribution is 9.09. The van der Waals surface area contributed by atoms with Gasteiger partial charge in [-0.3, -0.25) is 5.01 Å². The van der Waals surface area contributed by atoms with E-state index in [4.69, 9.17) is 0 Å². The maximum Gasteiger partial charge on any atom is 0.175 e. The third-order valence-corrected chi connectivity index (χ3v) is 2.80. The first-order chi connectivity index (χ1) is 5.79. The van der Waals surface area contributed by atoms with Crippen LogP contribution in [-0.2, 0) is 0 Å². The zero-order valence-corrected chi connectivity index (χ0v) is 9.29. The van der Waals surface area contributed by atoms with Crippen molar-refractivity contribution in [2.45, 2.75) is 31.8 Å². The first-order valence-electron chi connectivity index (χ1n) is 4.50. The molecule has 0 bridgehead atoms. The highest BCUT2D eigenvalue weighted by atomic mass is 79.9. The molecule has 4 heteroatoms. The van der Waals surface area contributed by atoms with Gasteiger partial charge in [0.15, 0.2) is 5.08 Å². The zero-order valence-electron chi connectivity index (χ0n) is 7.70. The summed E-state index contributed by atoms with van der Waals surface area (Å²) in [6.07, 6.45) is 4.21. The highest BCUT2D eigenvalue weighted by Crippen LogP contribution is 2.18. The number of rotatable bonds is 4. The van der Waals surface area contributed by atoms with Gasteiger partial charge in [-0.2, -0.15) is 5.10 Å². The Kier molecular flexibility index (Phi) is 3.85. The Morgan fingerprint density at radius 3 is 2.58 bits per heavy atom. The van der Waals surface area contributed by atoms with Crippen molar-refractivity contribution in [1.82, 2.24) is 9.91 Å². The molecule has 0 radical (unpaired) electrons. The van der Waals surface area contributed by atoms with Gasteiger partial charge in [0.05, 0.1) is 0 Å². The first-order valence-corrected chi connectivity index (χ1v) is 5.41. The van der Waals surface area contributed by atoms with Crippen molar-refractivity contribution >= 4 is 22.3 Å². The highest BCUT2D eigenvalue weighted by Gasteiger charge is 2.22. The van der Waals surface area contributed by atoms with Crippen molar-refractivity contribution in [2.75, 3.05) is 13.1 Å². The molecule has 0 aromatic heterocycles. The Hall–Kier alpha value is -0.250. The van der Waals surface area contributed by atoms with Crippen molar-refractivity contribution in [3.8, 4) is 0 Å². The summed E-state index contributed by atoms with van der Waals surface area (Å²) >= 11 is 3.60. The van der Waals surface area contributed by atoms with E-state index >= 15 is 0 Å². The number of nitrogens with zero attached hydrogens (tertiary/aromatic N) is 3. The van der Waals surface area contributed by atoms with Gasteiger partial charge in [-0.05, 0) is 28.8 Å². The second-order valence-corrected chi connectivity index (χ2v) is 3.76. The third-order valence-electron chi connectivity index (χ3n) is 1.80. The number of hydrogen-bond donors (Lipinski definition) is 0. The summed E-state index contributed by atoms with van der Waals surface area (Å²) in [5.41, 5.74) is 0. The smallest absolute Gasteiger partial charge is 0.175 e. The molecule has 12 heavy (non-hydrogen) atoms. The van der Waals surface area contributed by atoms with Crippen molar-refractivity contribution in [2.24, 2.45) is 5.10 Å². The molecule has 70 valence electrons. The predicted molar refractivity (Wildman–Crippen MR) is 55.2 cm³/mol. The summed E-state index contributed by atoms with van der Waals surface area (Å²) in [5, 5.41) is 6.63. The lowest BCUT2D eigenvalue weighted by Gasteiger charge is -2.24. The number of halogens is 1. The van der Waals surface area contributed by atoms with Crippen LogP contribution in [-0.4, -0.2) is 34.4 Å². The van der Waals surface area contributed by atoms with Crippen LogP contribution in [0.2, 0.25) is 0 Å². The third kappa shape index (κ3) is 2.12. The van der Waals surface area contributed by atoms with E-state index in [2.05, 4.69) is 44.8 Å². The number of hydrogen-bond acceptors (Lipinski definition) is 3. The van der Waals surface area contributed by atoms with E-state index in [1.165, 1.54) is 0 Å². The summed E-state index contributed by atoms with van der Waals surface area (Å²) in [7, 11) is 0. The maximum absolute atomic E-state index is 4.29. The van der Waals surface area contributed by atoms with Crippen LogP contribution in [0, 0.1) is 0 Å². The molecule has 1 heterocycles. The van der Waals surface area contributed by atoms with Crippen LogP contribution in [0.1, 0.15) is 26.7 Å². The van der Waals surface area contributed by atoms with Crippen molar-refractivity contribution in [3.63, 3.8) is 0 Å². The lowest BCUT2D eigenvalue weighted by atomic mass is 10.4. The van der Waals surface area contributed by atoms with Crippen LogP contribution in [0.25, 0.3) is 0 Å². The molecular weight excluding hydrogens is 218 g/mol. The fourth-order valence-electron chi connectivity index (χ4n) is 1.23. The van der Waals surface area contributed by atoms with E-state index in [1.54, 1.807) is 0 Å². The lowest BCUT2D eigenvalue weighted by Crippen LogP contribution is -2.35. The molecule has 0 aliphatic carbocycles. The van der Waals surface area contributed by atoms with E-state index in [1.807, 2.05) is 6.34 Å². The summed E-state index contributed by atoms with van der Waals surface area (Å²) in [6, 6.07) is 0. The Morgan fingerprint density at radius 2 is 2.00 bits per heavy atom. The molecule has 1 unspecified atom stereocenters. The lowest BCUT2D eigenvalue weighted by molar-refractivity contribution is 0.211.